The van der Waals surface area contributed by atoms with Crippen molar-refractivity contribution in [2.75, 3.05) is 25.0 Å². The summed E-state index contributed by atoms with van der Waals surface area (Å²) in [5.41, 5.74) is 1.66. The normalized spacial score (nSPS) is 10.4. The Morgan fingerprint density at radius 3 is 2.20 bits per heavy atom. The van der Waals surface area contributed by atoms with Crippen molar-refractivity contribution in [2.45, 2.75) is 20.8 Å². The first-order valence-electron chi connectivity index (χ1n) is 6.62. The number of hydrogen-bond donors (Lipinski definition) is 1. The molecule has 0 heterocycles. The summed E-state index contributed by atoms with van der Waals surface area (Å²) in [5.74, 6) is -0.703. The maximum Gasteiger partial charge on any atom is 0.324 e. The quantitative estimate of drug-likeness (QED) is 0.900. The Labute approximate surface area is 119 Å². The number of carboxylic acids is 1. The topological polar surface area (TPSA) is 60.9 Å². The number of anilines is 1. The van der Waals surface area contributed by atoms with E-state index in [9.17, 15) is 9.59 Å². The van der Waals surface area contributed by atoms with Gasteiger partial charge >= 0.3 is 12.0 Å². The first-order chi connectivity index (χ1) is 9.31. The van der Waals surface area contributed by atoms with Gasteiger partial charge in [0.25, 0.3) is 0 Å². The van der Waals surface area contributed by atoms with Gasteiger partial charge in [-0.3, -0.25) is 9.69 Å². The predicted octanol–water partition coefficient (Wildman–Crippen LogP) is 2.59. The molecule has 0 radical (unpaired) electrons. The minimum atomic E-state index is -1.03. The third-order valence-electron chi connectivity index (χ3n) is 2.84. The van der Waals surface area contributed by atoms with E-state index in [1.807, 2.05) is 32.9 Å². The lowest BCUT2D eigenvalue weighted by Crippen LogP contribution is -2.45. The van der Waals surface area contributed by atoms with E-state index >= 15 is 0 Å². The van der Waals surface area contributed by atoms with E-state index in [0.29, 0.717) is 18.2 Å². The highest BCUT2D eigenvalue weighted by molar-refractivity contribution is 5.96. The van der Waals surface area contributed by atoms with Crippen molar-refractivity contribution in [3.8, 4) is 0 Å². The lowest BCUT2D eigenvalue weighted by atomic mass is 10.2. The molecule has 1 rings (SSSR count). The molecule has 0 aliphatic carbocycles. The summed E-state index contributed by atoms with van der Waals surface area (Å²) in [6.45, 7) is 6.21. The molecule has 0 saturated heterocycles. The van der Waals surface area contributed by atoms with Crippen LogP contribution >= 0.6 is 0 Å². The lowest BCUT2D eigenvalue weighted by Gasteiger charge is -2.28. The van der Waals surface area contributed by atoms with Gasteiger partial charge in [0.2, 0.25) is 0 Å². The van der Waals surface area contributed by atoms with Gasteiger partial charge in [0.05, 0.1) is 0 Å². The summed E-state index contributed by atoms with van der Waals surface area (Å²) >= 11 is 0. The van der Waals surface area contributed by atoms with E-state index in [1.165, 1.54) is 4.90 Å². The molecule has 0 fully saturated rings. The second-order valence-corrected chi connectivity index (χ2v) is 5.37. The second kappa shape index (κ2) is 6.93. The molecule has 0 atom stereocenters. The van der Waals surface area contributed by atoms with Gasteiger partial charge in [0, 0.05) is 19.3 Å². The number of carbonyl (C=O) groups excluding carboxylic acids is 1. The Hall–Kier alpha value is -2.04. The van der Waals surface area contributed by atoms with Crippen LogP contribution < -0.4 is 4.90 Å². The zero-order valence-electron chi connectivity index (χ0n) is 12.5. The van der Waals surface area contributed by atoms with Crippen LogP contribution in [0.1, 0.15) is 19.4 Å². The molecule has 2 amide bonds. The van der Waals surface area contributed by atoms with Crippen LogP contribution in [0.5, 0.6) is 0 Å². The number of carboxylic acid groups (broad SMARTS) is 1. The van der Waals surface area contributed by atoms with Gasteiger partial charge in [0.15, 0.2) is 0 Å². The minimum absolute atomic E-state index is 0.301. The summed E-state index contributed by atoms with van der Waals surface area (Å²) in [5, 5.41) is 9.00. The fraction of sp³-hybridized carbons (Fsp3) is 0.467. The van der Waals surface area contributed by atoms with E-state index in [1.54, 1.807) is 24.1 Å². The van der Waals surface area contributed by atoms with Gasteiger partial charge in [-0.05, 0) is 25.0 Å². The molecule has 0 unspecified atom stereocenters. The van der Waals surface area contributed by atoms with Crippen LogP contribution in [0.4, 0.5) is 10.5 Å². The average molecular weight is 278 g/mol. The molecule has 1 N–H and O–H groups in total. The Morgan fingerprint density at radius 1 is 1.20 bits per heavy atom. The number of amides is 2. The number of benzene rings is 1. The molecule has 5 nitrogen and oxygen atoms in total. The standard InChI is InChI=1S/C15H22N2O3/c1-11(2)9-16(4)15(20)17(10-14(18)19)13-7-5-12(3)6-8-13/h5-8,11H,9-10H2,1-4H3,(H,18,19). The highest BCUT2D eigenvalue weighted by Crippen LogP contribution is 2.17. The zero-order valence-corrected chi connectivity index (χ0v) is 12.5. The molecule has 0 bridgehead atoms. The molecule has 5 heteroatoms. The smallest absolute Gasteiger partial charge is 0.324 e. The molecule has 1 aromatic carbocycles. The summed E-state index contributed by atoms with van der Waals surface area (Å²) < 4.78 is 0. The van der Waals surface area contributed by atoms with E-state index < -0.39 is 5.97 Å². The van der Waals surface area contributed by atoms with Crippen molar-refractivity contribution in [3.05, 3.63) is 29.8 Å². The maximum atomic E-state index is 12.4. The number of nitrogens with zero attached hydrogens (tertiary/aromatic N) is 2. The van der Waals surface area contributed by atoms with Crippen LogP contribution in [-0.2, 0) is 4.79 Å². The molecule has 0 aliphatic heterocycles. The van der Waals surface area contributed by atoms with Crippen LogP contribution in [0.25, 0.3) is 0 Å². The number of hydrogen-bond acceptors (Lipinski definition) is 2. The van der Waals surface area contributed by atoms with Gasteiger partial charge in [0.1, 0.15) is 6.54 Å². The average Bonchev–Trinajstić information content (AvgIpc) is 2.35. The van der Waals surface area contributed by atoms with Gasteiger partial charge < -0.3 is 10.0 Å². The Morgan fingerprint density at radius 2 is 1.75 bits per heavy atom. The van der Waals surface area contributed by atoms with Gasteiger partial charge in [-0.15, -0.1) is 0 Å². The summed E-state index contributed by atoms with van der Waals surface area (Å²) in [7, 11) is 1.69. The van der Waals surface area contributed by atoms with Crippen molar-refractivity contribution >= 4 is 17.7 Å². The maximum absolute atomic E-state index is 12.4. The monoisotopic (exact) mass is 278 g/mol. The van der Waals surface area contributed by atoms with Crippen molar-refractivity contribution in [1.29, 1.82) is 0 Å². The third-order valence-corrected chi connectivity index (χ3v) is 2.84. The number of carbonyl (C=O) groups is 2. The first-order valence-corrected chi connectivity index (χ1v) is 6.62. The van der Waals surface area contributed by atoms with E-state index in [-0.39, 0.29) is 12.6 Å². The van der Waals surface area contributed by atoms with E-state index in [4.69, 9.17) is 5.11 Å². The molecule has 20 heavy (non-hydrogen) atoms. The van der Waals surface area contributed by atoms with Crippen molar-refractivity contribution in [1.82, 2.24) is 4.90 Å². The number of rotatable bonds is 5. The summed E-state index contributed by atoms with van der Waals surface area (Å²) in [6.07, 6.45) is 0. The second-order valence-electron chi connectivity index (χ2n) is 5.37. The fourth-order valence-electron chi connectivity index (χ4n) is 1.96. The third kappa shape index (κ3) is 4.57. The Balaban J connectivity index is 2.96. The van der Waals surface area contributed by atoms with E-state index in [2.05, 4.69) is 0 Å². The first kappa shape index (κ1) is 16.0. The molecule has 110 valence electrons. The van der Waals surface area contributed by atoms with Crippen molar-refractivity contribution in [2.24, 2.45) is 5.92 Å². The SMILES string of the molecule is Cc1ccc(N(CC(=O)O)C(=O)N(C)CC(C)C)cc1. The Bertz CT molecular complexity index is 469. The van der Waals surface area contributed by atoms with Crippen LogP contribution in [0.15, 0.2) is 24.3 Å². The van der Waals surface area contributed by atoms with Crippen LogP contribution in [-0.4, -0.2) is 42.1 Å². The summed E-state index contributed by atoms with van der Waals surface area (Å²) in [6, 6.07) is 6.95. The van der Waals surface area contributed by atoms with E-state index in [0.717, 1.165) is 5.56 Å². The van der Waals surface area contributed by atoms with Gasteiger partial charge in [-0.1, -0.05) is 31.5 Å². The zero-order chi connectivity index (χ0) is 15.3. The van der Waals surface area contributed by atoms with Crippen LogP contribution in [0.3, 0.4) is 0 Å². The lowest BCUT2D eigenvalue weighted by molar-refractivity contribution is -0.135. The highest BCUT2D eigenvalue weighted by atomic mass is 16.4. The molecular formula is C15H22N2O3. The predicted molar refractivity (Wildman–Crippen MR) is 79.0 cm³/mol. The molecule has 0 saturated carbocycles. The van der Waals surface area contributed by atoms with Gasteiger partial charge in [-0.2, -0.15) is 0 Å². The van der Waals surface area contributed by atoms with Crippen molar-refractivity contribution in [3.63, 3.8) is 0 Å². The number of aliphatic carboxylic acids is 1. The number of urea groups is 1. The molecule has 0 aromatic heterocycles. The molecular weight excluding hydrogens is 256 g/mol. The highest BCUT2D eigenvalue weighted by Gasteiger charge is 2.22. The fourth-order valence-corrected chi connectivity index (χ4v) is 1.96. The largest absolute Gasteiger partial charge is 0.480 e. The van der Waals surface area contributed by atoms with Crippen molar-refractivity contribution < 1.29 is 14.7 Å². The molecule has 1 aromatic rings. The number of aryl methyl sites for hydroxylation is 1. The minimum Gasteiger partial charge on any atom is -0.480 e. The molecule has 0 spiro atoms. The molecule has 0 aliphatic rings. The van der Waals surface area contributed by atoms with Crippen LogP contribution in [0, 0.1) is 12.8 Å². The summed E-state index contributed by atoms with van der Waals surface area (Å²) in [4.78, 5) is 26.2. The van der Waals surface area contributed by atoms with Crippen LogP contribution in [0.2, 0.25) is 0 Å². The Kier molecular flexibility index (Phi) is 5.55. The van der Waals surface area contributed by atoms with Gasteiger partial charge in [-0.25, -0.2) is 4.79 Å².